The molecule has 0 amide bonds. The lowest BCUT2D eigenvalue weighted by Crippen LogP contribution is -2.43. The van der Waals surface area contributed by atoms with Crippen molar-refractivity contribution in [3.63, 3.8) is 0 Å². The maximum atomic E-state index is 12.2. The van der Waals surface area contributed by atoms with Gasteiger partial charge in [0.15, 0.2) is 0 Å². The van der Waals surface area contributed by atoms with Gasteiger partial charge in [0.2, 0.25) is 0 Å². The number of carboxylic acids is 1. The summed E-state index contributed by atoms with van der Waals surface area (Å²) in [5.41, 5.74) is -0.365. The molecule has 1 heterocycles. The molecule has 106 valence electrons. The second kappa shape index (κ2) is 5.22. The van der Waals surface area contributed by atoms with Gasteiger partial charge in [0.1, 0.15) is 4.21 Å². The van der Waals surface area contributed by atoms with Gasteiger partial charge in [0.05, 0.1) is 6.42 Å². The minimum Gasteiger partial charge on any atom is -0.481 e. The van der Waals surface area contributed by atoms with Gasteiger partial charge in [-0.05, 0) is 31.9 Å². The summed E-state index contributed by atoms with van der Waals surface area (Å²) >= 11 is 1.02. The van der Waals surface area contributed by atoms with E-state index in [0.717, 1.165) is 37.0 Å². The molecule has 0 aliphatic heterocycles. The number of sulfonamides is 1. The summed E-state index contributed by atoms with van der Waals surface area (Å²) in [7, 11) is -3.54. The van der Waals surface area contributed by atoms with Crippen molar-refractivity contribution in [1.29, 1.82) is 0 Å². The predicted molar refractivity (Wildman–Crippen MR) is 72.9 cm³/mol. The lowest BCUT2D eigenvalue weighted by Gasteiger charge is -2.24. The smallest absolute Gasteiger partial charge is 0.308 e. The van der Waals surface area contributed by atoms with Crippen molar-refractivity contribution >= 4 is 27.3 Å². The molecule has 5 nitrogen and oxygen atoms in total. The van der Waals surface area contributed by atoms with Crippen molar-refractivity contribution in [2.75, 3.05) is 0 Å². The largest absolute Gasteiger partial charge is 0.481 e. The Balaban J connectivity index is 2.15. The molecule has 1 aliphatic rings. The van der Waals surface area contributed by atoms with Gasteiger partial charge in [-0.1, -0.05) is 12.8 Å². The Kier molecular flexibility index (Phi) is 3.98. The van der Waals surface area contributed by atoms with Gasteiger partial charge in [-0.15, -0.1) is 11.3 Å². The van der Waals surface area contributed by atoms with Crippen molar-refractivity contribution in [2.45, 2.75) is 48.8 Å². The van der Waals surface area contributed by atoms with Gasteiger partial charge in [-0.3, -0.25) is 4.79 Å². The average molecular weight is 303 g/mol. The molecule has 7 heteroatoms. The minimum atomic E-state index is -3.54. The van der Waals surface area contributed by atoms with E-state index in [0.29, 0.717) is 4.88 Å². The summed E-state index contributed by atoms with van der Waals surface area (Å²) in [4.78, 5) is 11.1. The zero-order valence-electron chi connectivity index (χ0n) is 10.7. The van der Waals surface area contributed by atoms with Crippen molar-refractivity contribution in [3.8, 4) is 0 Å². The molecule has 0 radical (unpaired) electrons. The van der Waals surface area contributed by atoms with Crippen LogP contribution >= 0.6 is 11.3 Å². The Morgan fingerprint density at radius 2 is 2.05 bits per heavy atom. The number of hydrogen-bond donors (Lipinski definition) is 2. The third-order valence-electron chi connectivity index (χ3n) is 3.32. The third-order valence-corrected chi connectivity index (χ3v) is 6.53. The Morgan fingerprint density at radius 1 is 1.42 bits per heavy atom. The van der Waals surface area contributed by atoms with Crippen LogP contribution in [-0.4, -0.2) is 25.0 Å². The van der Waals surface area contributed by atoms with Gasteiger partial charge in [0.25, 0.3) is 10.0 Å². The van der Waals surface area contributed by atoms with Crippen LogP contribution in [0, 0.1) is 0 Å². The number of nitrogens with one attached hydrogen (secondary N) is 1. The predicted octanol–water partition coefficient (Wildman–Crippen LogP) is 1.99. The number of carbonyl (C=O) groups is 1. The van der Waals surface area contributed by atoms with E-state index in [1.54, 1.807) is 6.07 Å². The van der Waals surface area contributed by atoms with Crippen LogP contribution in [0.5, 0.6) is 0 Å². The maximum Gasteiger partial charge on any atom is 0.308 e. The molecule has 0 spiro atoms. The summed E-state index contributed by atoms with van der Waals surface area (Å²) in [5, 5.41) is 8.69. The SMILES string of the molecule is CC1(NS(=O)(=O)c2ccc(CC(=O)O)s2)CCCC1. The zero-order valence-corrected chi connectivity index (χ0v) is 12.3. The van der Waals surface area contributed by atoms with Crippen LogP contribution in [0.3, 0.4) is 0 Å². The molecule has 0 atom stereocenters. The Hall–Kier alpha value is -0.920. The first-order valence-electron chi connectivity index (χ1n) is 6.15. The fraction of sp³-hybridized carbons (Fsp3) is 0.583. The number of rotatable bonds is 5. The lowest BCUT2D eigenvalue weighted by molar-refractivity contribution is -0.136. The summed E-state index contributed by atoms with van der Waals surface area (Å²) in [5.74, 6) is -0.957. The molecule has 2 N–H and O–H groups in total. The summed E-state index contributed by atoms with van der Waals surface area (Å²) in [6.45, 7) is 1.92. The van der Waals surface area contributed by atoms with E-state index in [1.165, 1.54) is 6.07 Å². The first kappa shape index (κ1) is 14.5. The van der Waals surface area contributed by atoms with E-state index >= 15 is 0 Å². The number of carboxylic acid groups (broad SMARTS) is 1. The quantitative estimate of drug-likeness (QED) is 0.871. The number of aliphatic carboxylic acids is 1. The molecule has 19 heavy (non-hydrogen) atoms. The van der Waals surface area contributed by atoms with E-state index in [-0.39, 0.29) is 16.2 Å². The fourth-order valence-corrected chi connectivity index (χ4v) is 5.19. The first-order chi connectivity index (χ1) is 8.81. The van der Waals surface area contributed by atoms with Crippen molar-refractivity contribution in [2.24, 2.45) is 0 Å². The summed E-state index contributed by atoms with van der Waals surface area (Å²) in [6.07, 6.45) is 3.62. The number of hydrogen-bond acceptors (Lipinski definition) is 4. The summed E-state index contributed by atoms with van der Waals surface area (Å²) in [6, 6.07) is 3.04. The topological polar surface area (TPSA) is 83.5 Å². The van der Waals surface area contributed by atoms with Gasteiger partial charge in [-0.2, -0.15) is 0 Å². The van der Waals surface area contributed by atoms with E-state index in [4.69, 9.17) is 5.11 Å². The standard InChI is InChI=1S/C12H17NO4S2/c1-12(6-2-3-7-12)13-19(16,17)11-5-4-9(18-11)8-10(14)15/h4-5,13H,2-3,6-8H2,1H3,(H,14,15). The molecular weight excluding hydrogens is 286 g/mol. The Bertz CT molecular complexity index is 570. The molecule has 0 aromatic carbocycles. The average Bonchev–Trinajstić information content (AvgIpc) is 2.86. The highest BCUT2D eigenvalue weighted by Gasteiger charge is 2.34. The molecule has 1 aromatic heterocycles. The van der Waals surface area contributed by atoms with Crippen LogP contribution in [0.1, 0.15) is 37.5 Å². The fourth-order valence-electron chi connectivity index (χ4n) is 2.38. The van der Waals surface area contributed by atoms with Gasteiger partial charge < -0.3 is 5.11 Å². The molecule has 0 bridgehead atoms. The third kappa shape index (κ3) is 3.55. The molecule has 1 aliphatic carbocycles. The van der Waals surface area contributed by atoms with Crippen LogP contribution in [0.2, 0.25) is 0 Å². The minimum absolute atomic E-state index is 0.141. The first-order valence-corrected chi connectivity index (χ1v) is 8.45. The van der Waals surface area contributed by atoms with Gasteiger partial charge in [0, 0.05) is 10.4 Å². The van der Waals surface area contributed by atoms with Gasteiger partial charge in [-0.25, -0.2) is 13.1 Å². The molecule has 0 unspecified atom stereocenters. The molecule has 1 saturated carbocycles. The zero-order chi connectivity index (χ0) is 14.1. The molecular formula is C12H17NO4S2. The molecule has 1 aromatic rings. The van der Waals surface area contributed by atoms with Crippen molar-refractivity contribution in [3.05, 3.63) is 17.0 Å². The highest BCUT2D eigenvalue weighted by atomic mass is 32.2. The van der Waals surface area contributed by atoms with E-state index in [1.807, 2.05) is 6.92 Å². The van der Waals surface area contributed by atoms with Gasteiger partial charge >= 0.3 is 5.97 Å². The molecule has 0 saturated heterocycles. The highest BCUT2D eigenvalue weighted by molar-refractivity contribution is 7.91. The molecule has 1 fully saturated rings. The van der Waals surface area contributed by atoms with Crippen molar-refractivity contribution < 1.29 is 18.3 Å². The van der Waals surface area contributed by atoms with Crippen LogP contribution in [0.4, 0.5) is 0 Å². The second-order valence-corrected chi connectivity index (χ2v) is 8.24. The molecule has 2 rings (SSSR count). The second-order valence-electron chi connectivity index (χ2n) is 5.16. The Morgan fingerprint density at radius 3 is 2.63 bits per heavy atom. The van der Waals surface area contributed by atoms with Crippen LogP contribution < -0.4 is 4.72 Å². The lowest BCUT2D eigenvalue weighted by atomic mass is 10.0. The number of thiophene rings is 1. The van der Waals surface area contributed by atoms with Crippen LogP contribution in [-0.2, 0) is 21.2 Å². The summed E-state index contributed by atoms with van der Waals surface area (Å²) < 4.78 is 27.4. The Labute approximate surface area is 116 Å². The van der Waals surface area contributed by atoms with Crippen LogP contribution in [0.15, 0.2) is 16.3 Å². The van der Waals surface area contributed by atoms with E-state index in [9.17, 15) is 13.2 Å². The van der Waals surface area contributed by atoms with Crippen LogP contribution in [0.25, 0.3) is 0 Å². The monoisotopic (exact) mass is 303 g/mol. The van der Waals surface area contributed by atoms with E-state index < -0.39 is 16.0 Å². The van der Waals surface area contributed by atoms with E-state index in [2.05, 4.69) is 4.72 Å². The van der Waals surface area contributed by atoms with Crippen molar-refractivity contribution in [1.82, 2.24) is 4.72 Å². The normalized spacial score (nSPS) is 18.6. The highest BCUT2D eigenvalue weighted by Crippen LogP contribution is 2.31. The maximum absolute atomic E-state index is 12.2.